The molecule has 0 aliphatic heterocycles. The van der Waals surface area contributed by atoms with E-state index in [1.165, 1.54) is 18.2 Å². The van der Waals surface area contributed by atoms with Crippen molar-refractivity contribution in [3.63, 3.8) is 0 Å². The summed E-state index contributed by atoms with van der Waals surface area (Å²) in [5.74, 6) is -2.48. The molecule has 0 unspecified atom stereocenters. The van der Waals surface area contributed by atoms with E-state index in [2.05, 4.69) is 0 Å². The van der Waals surface area contributed by atoms with Crippen LogP contribution >= 0.6 is 0 Å². The number of aliphatic carboxylic acids is 1. The van der Waals surface area contributed by atoms with Crippen molar-refractivity contribution >= 4 is 5.97 Å². The molecule has 0 aliphatic rings. The predicted octanol–water partition coefficient (Wildman–Crippen LogP) is 1.66. The van der Waals surface area contributed by atoms with Gasteiger partial charge < -0.3 is 5.11 Å². The molecule has 1 aromatic carbocycles. The van der Waals surface area contributed by atoms with Crippen LogP contribution in [-0.2, 0) is 4.79 Å². The minimum absolute atomic E-state index is 0.333. The standard InChI is InChI=1S/C10H10FNO4/c11-9-3-1-2-7(4-9)8(5-10(13)14)6-12(15)16/h1-4,8H,5-6H2,(H,13,14)/t8-/m0/s1. The molecule has 86 valence electrons. The second-order valence-electron chi connectivity index (χ2n) is 3.37. The number of benzene rings is 1. The Morgan fingerprint density at radius 3 is 2.75 bits per heavy atom. The highest BCUT2D eigenvalue weighted by Gasteiger charge is 2.21. The van der Waals surface area contributed by atoms with Gasteiger partial charge in [-0.15, -0.1) is 0 Å². The van der Waals surface area contributed by atoms with Gasteiger partial charge in [0.25, 0.3) is 0 Å². The molecule has 0 fully saturated rings. The van der Waals surface area contributed by atoms with E-state index in [4.69, 9.17) is 5.11 Å². The van der Waals surface area contributed by atoms with Crippen molar-refractivity contribution in [2.75, 3.05) is 6.54 Å². The number of nitro groups is 1. The fraction of sp³-hybridized carbons (Fsp3) is 0.300. The van der Waals surface area contributed by atoms with Gasteiger partial charge in [0, 0.05) is 4.92 Å². The van der Waals surface area contributed by atoms with E-state index in [0.29, 0.717) is 5.56 Å². The van der Waals surface area contributed by atoms with Crippen LogP contribution in [-0.4, -0.2) is 22.5 Å². The molecular formula is C10H10FNO4. The predicted molar refractivity (Wildman–Crippen MR) is 53.3 cm³/mol. The van der Waals surface area contributed by atoms with Gasteiger partial charge >= 0.3 is 5.97 Å². The smallest absolute Gasteiger partial charge is 0.304 e. The topological polar surface area (TPSA) is 80.4 Å². The molecule has 0 saturated carbocycles. The Labute approximate surface area is 90.7 Å². The largest absolute Gasteiger partial charge is 0.481 e. The summed E-state index contributed by atoms with van der Waals surface area (Å²) in [4.78, 5) is 20.3. The molecule has 16 heavy (non-hydrogen) atoms. The van der Waals surface area contributed by atoms with Gasteiger partial charge in [-0.05, 0) is 17.7 Å². The summed E-state index contributed by atoms with van der Waals surface area (Å²) in [7, 11) is 0. The second kappa shape index (κ2) is 5.20. The Morgan fingerprint density at radius 2 is 2.25 bits per heavy atom. The average molecular weight is 227 g/mol. The summed E-state index contributed by atoms with van der Waals surface area (Å²) in [6.45, 7) is -0.518. The Bertz CT molecular complexity index is 392. The number of carboxylic acids is 1. The van der Waals surface area contributed by atoms with E-state index in [-0.39, 0.29) is 6.42 Å². The second-order valence-corrected chi connectivity index (χ2v) is 3.37. The molecule has 0 amide bonds. The summed E-state index contributed by atoms with van der Waals surface area (Å²) in [5, 5.41) is 19.0. The van der Waals surface area contributed by atoms with Crippen LogP contribution in [0.2, 0.25) is 0 Å². The third-order valence-electron chi connectivity index (χ3n) is 2.11. The first-order chi connectivity index (χ1) is 7.49. The van der Waals surface area contributed by atoms with Crippen molar-refractivity contribution in [3.05, 3.63) is 45.8 Å². The molecule has 1 atom stereocenters. The number of halogens is 1. The molecule has 0 aliphatic carbocycles. The molecule has 0 aromatic heterocycles. The van der Waals surface area contributed by atoms with E-state index in [1.54, 1.807) is 0 Å². The number of rotatable bonds is 5. The molecule has 0 spiro atoms. The van der Waals surface area contributed by atoms with Gasteiger partial charge in [-0.1, -0.05) is 12.1 Å². The van der Waals surface area contributed by atoms with E-state index in [1.807, 2.05) is 0 Å². The van der Waals surface area contributed by atoms with Crippen molar-refractivity contribution in [1.29, 1.82) is 0 Å². The van der Waals surface area contributed by atoms with E-state index >= 15 is 0 Å². The lowest BCUT2D eigenvalue weighted by Gasteiger charge is -2.10. The average Bonchev–Trinajstić information content (AvgIpc) is 2.15. The summed E-state index contributed by atoms with van der Waals surface area (Å²) >= 11 is 0. The van der Waals surface area contributed by atoms with Crippen LogP contribution in [0.25, 0.3) is 0 Å². The van der Waals surface area contributed by atoms with Gasteiger partial charge in [0.05, 0.1) is 12.3 Å². The van der Waals surface area contributed by atoms with Crippen LogP contribution in [0.1, 0.15) is 17.9 Å². The Hall–Kier alpha value is -1.98. The summed E-state index contributed by atoms with van der Waals surface area (Å²) in [6.07, 6.45) is -0.384. The zero-order chi connectivity index (χ0) is 12.1. The highest BCUT2D eigenvalue weighted by atomic mass is 19.1. The van der Waals surface area contributed by atoms with Gasteiger partial charge in [-0.25, -0.2) is 4.39 Å². The van der Waals surface area contributed by atoms with Crippen LogP contribution in [0.4, 0.5) is 4.39 Å². The fourth-order valence-corrected chi connectivity index (χ4v) is 1.44. The zero-order valence-corrected chi connectivity index (χ0v) is 8.30. The highest BCUT2D eigenvalue weighted by Crippen LogP contribution is 2.20. The van der Waals surface area contributed by atoms with E-state index < -0.39 is 29.2 Å². The SMILES string of the molecule is O=C(O)C[C@@H](C[N+](=O)[O-])c1cccc(F)c1. The number of hydrogen-bond donors (Lipinski definition) is 1. The van der Waals surface area contributed by atoms with Gasteiger partial charge in [0.15, 0.2) is 0 Å². The molecule has 1 N–H and O–H groups in total. The molecule has 0 heterocycles. The summed E-state index contributed by atoms with van der Waals surface area (Å²) < 4.78 is 12.9. The third-order valence-corrected chi connectivity index (χ3v) is 2.11. The van der Waals surface area contributed by atoms with Crippen molar-refractivity contribution in [2.24, 2.45) is 0 Å². The van der Waals surface area contributed by atoms with Gasteiger partial charge in [-0.2, -0.15) is 0 Å². The number of carboxylic acid groups (broad SMARTS) is 1. The molecule has 0 radical (unpaired) electrons. The van der Waals surface area contributed by atoms with Gasteiger partial charge in [0.2, 0.25) is 6.54 Å². The van der Waals surface area contributed by atoms with Crippen molar-refractivity contribution < 1.29 is 19.2 Å². The molecule has 1 aromatic rings. The van der Waals surface area contributed by atoms with Crippen LogP contribution in [0.3, 0.4) is 0 Å². The maximum absolute atomic E-state index is 12.9. The van der Waals surface area contributed by atoms with Crippen LogP contribution in [0.15, 0.2) is 24.3 Å². The summed E-state index contributed by atoms with van der Waals surface area (Å²) in [5.41, 5.74) is 0.333. The first kappa shape index (κ1) is 12.1. The van der Waals surface area contributed by atoms with Crippen LogP contribution in [0, 0.1) is 15.9 Å². The Morgan fingerprint density at radius 1 is 1.56 bits per heavy atom. The molecule has 0 bridgehead atoms. The first-order valence-electron chi connectivity index (χ1n) is 4.58. The summed E-state index contributed by atoms with van der Waals surface area (Å²) in [6, 6.07) is 5.21. The molecule has 5 nitrogen and oxygen atoms in total. The fourth-order valence-electron chi connectivity index (χ4n) is 1.44. The first-order valence-corrected chi connectivity index (χ1v) is 4.58. The Kier molecular flexibility index (Phi) is 3.93. The zero-order valence-electron chi connectivity index (χ0n) is 8.30. The molecular weight excluding hydrogens is 217 g/mol. The van der Waals surface area contributed by atoms with Crippen LogP contribution < -0.4 is 0 Å². The third kappa shape index (κ3) is 3.64. The lowest BCUT2D eigenvalue weighted by atomic mass is 9.96. The lowest BCUT2D eigenvalue weighted by Crippen LogP contribution is -2.16. The van der Waals surface area contributed by atoms with Gasteiger partial charge in [0.1, 0.15) is 5.82 Å². The van der Waals surface area contributed by atoms with Crippen molar-refractivity contribution in [3.8, 4) is 0 Å². The normalized spacial score (nSPS) is 12.1. The Balaban J connectivity index is 2.90. The highest BCUT2D eigenvalue weighted by molar-refractivity contribution is 5.68. The van der Waals surface area contributed by atoms with Crippen molar-refractivity contribution in [2.45, 2.75) is 12.3 Å². The minimum atomic E-state index is -1.14. The number of hydrogen-bond acceptors (Lipinski definition) is 3. The van der Waals surface area contributed by atoms with Crippen LogP contribution in [0.5, 0.6) is 0 Å². The maximum Gasteiger partial charge on any atom is 0.304 e. The van der Waals surface area contributed by atoms with Gasteiger partial charge in [-0.3, -0.25) is 14.9 Å². The molecule has 0 saturated heterocycles. The van der Waals surface area contributed by atoms with Crippen molar-refractivity contribution in [1.82, 2.24) is 0 Å². The van der Waals surface area contributed by atoms with E-state index in [0.717, 1.165) is 6.07 Å². The van der Waals surface area contributed by atoms with E-state index in [9.17, 15) is 19.3 Å². The molecule has 1 rings (SSSR count). The monoisotopic (exact) mass is 227 g/mol. The number of carbonyl (C=O) groups is 1. The molecule has 6 heteroatoms. The minimum Gasteiger partial charge on any atom is -0.481 e. The quantitative estimate of drug-likeness (QED) is 0.612. The lowest BCUT2D eigenvalue weighted by molar-refractivity contribution is -0.483. The number of nitrogens with zero attached hydrogens (tertiary/aromatic N) is 1. The maximum atomic E-state index is 12.9.